The Bertz CT molecular complexity index is 299. The van der Waals surface area contributed by atoms with Crippen molar-refractivity contribution in [3.8, 4) is 0 Å². The van der Waals surface area contributed by atoms with Gasteiger partial charge in [-0.15, -0.1) is 0 Å². The Morgan fingerprint density at radius 2 is 2.15 bits per heavy atom. The molecule has 70 valence electrons. The van der Waals surface area contributed by atoms with Gasteiger partial charge < -0.3 is 10.1 Å². The van der Waals surface area contributed by atoms with Crippen molar-refractivity contribution in [2.45, 2.75) is 12.5 Å². The lowest BCUT2D eigenvalue weighted by atomic mass is 9.87. The number of hydrogen-bond acceptors (Lipinski definition) is 2. The van der Waals surface area contributed by atoms with Gasteiger partial charge in [0.25, 0.3) is 0 Å². The lowest BCUT2D eigenvalue weighted by molar-refractivity contribution is -0.0565. The predicted molar refractivity (Wildman–Crippen MR) is 52.7 cm³/mol. The fourth-order valence-electron chi connectivity index (χ4n) is 1.75. The second-order valence-electron chi connectivity index (χ2n) is 3.67. The van der Waals surface area contributed by atoms with Crippen LogP contribution in [0.1, 0.15) is 11.1 Å². The van der Waals surface area contributed by atoms with E-state index in [9.17, 15) is 0 Å². The molecular weight excluding hydrogens is 162 g/mol. The van der Waals surface area contributed by atoms with Gasteiger partial charge in [-0.1, -0.05) is 29.8 Å². The molecule has 1 aliphatic rings. The minimum atomic E-state index is -0.0635. The summed E-state index contributed by atoms with van der Waals surface area (Å²) in [5, 5.41) is 3.25. The molecule has 13 heavy (non-hydrogen) atoms. The smallest absolute Gasteiger partial charge is 0.117 e. The van der Waals surface area contributed by atoms with Crippen LogP contribution in [-0.2, 0) is 10.3 Å². The van der Waals surface area contributed by atoms with E-state index < -0.39 is 0 Å². The van der Waals surface area contributed by atoms with Gasteiger partial charge in [0, 0.05) is 20.2 Å². The highest BCUT2D eigenvalue weighted by atomic mass is 16.5. The summed E-state index contributed by atoms with van der Waals surface area (Å²) in [5.41, 5.74) is 2.51. The molecule has 1 aromatic rings. The fraction of sp³-hybridized carbons (Fsp3) is 0.455. The van der Waals surface area contributed by atoms with E-state index >= 15 is 0 Å². The monoisotopic (exact) mass is 177 g/mol. The fourth-order valence-corrected chi connectivity index (χ4v) is 1.75. The van der Waals surface area contributed by atoms with Gasteiger partial charge in [-0.3, -0.25) is 0 Å². The lowest BCUT2D eigenvalue weighted by Crippen LogP contribution is -2.57. The molecule has 0 spiro atoms. The van der Waals surface area contributed by atoms with Crippen molar-refractivity contribution in [2.75, 3.05) is 20.2 Å². The van der Waals surface area contributed by atoms with Gasteiger partial charge in [0.05, 0.1) is 0 Å². The molecule has 0 saturated carbocycles. The number of benzene rings is 1. The van der Waals surface area contributed by atoms with Crippen molar-refractivity contribution >= 4 is 0 Å². The summed E-state index contributed by atoms with van der Waals surface area (Å²) >= 11 is 0. The first-order valence-corrected chi connectivity index (χ1v) is 4.60. The van der Waals surface area contributed by atoms with Gasteiger partial charge in [-0.2, -0.15) is 0 Å². The summed E-state index contributed by atoms with van der Waals surface area (Å²) in [7, 11) is 1.78. The van der Waals surface area contributed by atoms with Crippen LogP contribution in [-0.4, -0.2) is 20.2 Å². The minimum Gasteiger partial charge on any atom is -0.371 e. The quantitative estimate of drug-likeness (QED) is 0.738. The third kappa shape index (κ3) is 1.36. The highest BCUT2D eigenvalue weighted by Crippen LogP contribution is 2.29. The number of nitrogens with one attached hydrogen (secondary N) is 1. The van der Waals surface area contributed by atoms with E-state index in [-0.39, 0.29) is 5.60 Å². The average Bonchev–Trinajstić information content (AvgIpc) is 2.03. The molecule has 2 nitrogen and oxygen atoms in total. The minimum absolute atomic E-state index is 0.0635. The molecule has 0 atom stereocenters. The normalized spacial score (nSPS) is 19.5. The van der Waals surface area contributed by atoms with Crippen LogP contribution in [0.15, 0.2) is 24.3 Å². The molecule has 0 amide bonds. The van der Waals surface area contributed by atoms with Crippen molar-refractivity contribution in [3.05, 3.63) is 35.4 Å². The zero-order valence-electron chi connectivity index (χ0n) is 8.13. The Balaban J connectivity index is 2.33. The van der Waals surface area contributed by atoms with E-state index in [1.165, 1.54) is 11.1 Å². The topological polar surface area (TPSA) is 21.3 Å². The van der Waals surface area contributed by atoms with Crippen LogP contribution in [0.25, 0.3) is 0 Å². The SMILES string of the molecule is COC1(c2cccc(C)c2)CNC1. The molecule has 1 saturated heterocycles. The number of methoxy groups -OCH3 is 1. The standard InChI is InChI=1S/C11H15NO/c1-9-4-3-5-10(6-9)11(13-2)7-12-8-11/h3-6,12H,7-8H2,1-2H3. The third-order valence-electron chi connectivity index (χ3n) is 2.76. The van der Waals surface area contributed by atoms with Crippen LogP contribution in [0.3, 0.4) is 0 Å². The van der Waals surface area contributed by atoms with Crippen LogP contribution >= 0.6 is 0 Å². The Morgan fingerprint density at radius 1 is 1.38 bits per heavy atom. The highest BCUT2D eigenvalue weighted by Gasteiger charge is 2.38. The van der Waals surface area contributed by atoms with Crippen molar-refractivity contribution < 1.29 is 4.74 Å². The predicted octanol–water partition coefficient (Wildman–Crippen LogP) is 1.44. The molecule has 1 aromatic carbocycles. The first kappa shape index (κ1) is 8.73. The van der Waals surface area contributed by atoms with Gasteiger partial charge in [0.1, 0.15) is 5.60 Å². The maximum absolute atomic E-state index is 5.55. The summed E-state index contributed by atoms with van der Waals surface area (Å²) < 4.78 is 5.55. The molecule has 0 aromatic heterocycles. The molecule has 0 unspecified atom stereocenters. The van der Waals surface area contributed by atoms with Crippen molar-refractivity contribution in [1.82, 2.24) is 5.32 Å². The Kier molecular flexibility index (Phi) is 2.10. The van der Waals surface area contributed by atoms with Crippen LogP contribution < -0.4 is 5.32 Å². The van der Waals surface area contributed by atoms with Crippen molar-refractivity contribution in [3.63, 3.8) is 0 Å². The first-order chi connectivity index (χ1) is 6.27. The van der Waals surface area contributed by atoms with Gasteiger partial charge >= 0.3 is 0 Å². The summed E-state index contributed by atoms with van der Waals surface area (Å²) in [5.74, 6) is 0. The van der Waals surface area contributed by atoms with Gasteiger partial charge in [-0.05, 0) is 12.5 Å². The maximum atomic E-state index is 5.55. The zero-order valence-corrected chi connectivity index (χ0v) is 8.13. The lowest BCUT2D eigenvalue weighted by Gasteiger charge is -2.41. The summed E-state index contributed by atoms with van der Waals surface area (Å²) in [4.78, 5) is 0. The molecule has 0 bridgehead atoms. The molecule has 1 heterocycles. The van der Waals surface area contributed by atoms with E-state index in [1.807, 2.05) is 0 Å². The average molecular weight is 177 g/mol. The van der Waals surface area contributed by atoms with E-state index in [4.69, 9.17) is 4.74 Å². The van der Waals surface area contributed by atoms with Crippen LogP contribution in [0, 0.1) is 6.92 Å². The number of ether oxygens (including phenoxy) is 1. The number of aryl methyl sites for hydroxylation is 1. The van der Waals surface area contributed by atoms with E-state index in [0.29, 0.717) is 0 Å². The molecule has 1 N–H and O–H groups in total. The van der Waals surface area contributed by atoms with Crippen LogP contribution in [0.5, 0.6) is 0 Å². The van der Waals surface area contributed by atoms with Crippen LogP contribution in [0.2, 0.25) is 0 Å². The second kappa shape index (κ2) is 3.13. The maximum Gasteiger partial charge on any atom is 0.117 e. The second-order valence-corrected chi connectivity index (χ2v) is 3.67. The largest absolute Gasteiger partial charge is 0.371 e. The summed E-state index contributed by atoms with van der Waals surface area (Å²) in [6.07, 6.45) is 0. The first-order valence-electron chi connectivity index (χ1n) is 4.60. The summed E-state index contributed by atoms with van der Waals surface area (Å²) in [6.45, 7) is 3.96. The van der Waals surface area contributed by atoms with E-state index in [0.717, 1.165) is 13.1 Å². The van der Waals surface area contributed by atoms with E-state index in [1.54, 1.807) is 7.11 Å². The number of rotatable bonds is 2. The molecule has 2 rings (SSSR count). The van der Waals surface area contributed by atoms with Crippen molar-refractivity contribution in [2.24, 2.45) is 0 Å². The zero-order chi connectivity index (χ0) is 9.31. The Morgan fingerprint density at radius 3 is 2.62 bits per heavy atom. The van der Waals surface area contributed by atoms with Gasteiger partial charge in [0.2, 0.25) is 0 Å². The molecule has 2 heteroatoms. The Hall–Kier alpha value is -0.860. The van der Waals surface area contributed by atoms with Crippen molar-refractivity contribution in [1.29, 1.82) is 0 Å². The van der Waals surface area contributed by atoms with Gasteiger partial charge in [-0.25, -0.2) is 0 Å². The highest BCUT2D eigenvalue weighted by molar-refractivity contribution is 5.30. The molecule has 0 aliphatic carbocycles. The Labute approximate surface area is 78.9 Å². The summed E-state index contributed by atoms with van der Waals surface area (Å²) in [6, 6.07) is 8.53. The molecule has 1 aliphatic heterocycles. The molecule has 0 radical (unpaired) electrons. The number of hydrogen-bond donors (Lipinski definition) is 1. The van der Waals surface area contributed by atoms with Crippen LogP contribution in [0.4, 0.5) is 0 Å². The molecular formula is C11H15NO. The molecule has 1 fully saturated rings. The third-order valence-corrected chi connectivity index (χ3v) is 2.76. The van der Waals surface area contributed by atoms with Gasteiger partial charge in [0.15, 0.2) is 0 Å². The van der Waals surface area contributed by atoms with E-state index in [2.05, 4.69) is 36.5 Å².